The lowest BCUT2D eigenvalue weighted by atomic mass is 9.97. The topological polar surface area (TPSA) is 32.3 Å². The van der Waals surface area contributed by atoms with Gasteiger partial charge in [0.05, 0.1) is 0 Å². The average molecular weight is 218 g/mol. The standard InChI is InChI=1S/C13H18N2O/c1-15(2)13(16)11-5-3-10(4-6-11)12-7-8-14-9-12/h3-6,12,14H,7-9H2,1-2H3/t12-/m1/s1. The highest BCUT2D eigenvalue weighted by Crippen LogP contribution is 2.22. The fourth-order valence-corrected chi connectivity index (χ4v) is 2.10. The van der Waals surface area contributed by atoms with Gasteiger partial charge < -0.3 is 10.2 Å². The molecule has 1 saturated heterocycles. The first-order valence-electron chi connectivity index (χ1n) is 5.71. The molecule has 86 valence electrons. The number of nitrogens with one attached hydrogen (secondary N) is 1. The van der Waals surface area contributed by atoms with Crippen molar-refractivity contribution in [3.63, 3.8) is 0 Å². The van der Waals surface area contributed by atoms with E-state index in [1.54, 1.807) is 19.0 Å². The number of carbonyl (C=O) groups excluding carboxylic acids is 1. The minimum Gasteiger partial charge on any atom is -0.345 e. The molecule has 1 aromatic rings. The van der Waals surface area contributed by atoms with Crippen molar-refractivity contribution in [2.45, 2.75) is 12.3 Å². The highest BCUT2D eigenvalue weighted by Gasteiger charge is 2.16. The lowest BCUT2D eigenvalue weighted by molar-refractivity contribution is 0.0827. The SMILES string of the molecule is CN(C)C(=O)c1ccc([C@@H]2CCNC2)cc1. The lowest BCUT2D eigenvalue weighted by Crippen LogP contribution is -2.21. The Balaban J connectivity index is 2.12. The van der Waals surface area contributed by atoms with E-state index in [1.165, 1.54) is 12.0 Å². The first kappa shape index (κ1) is 11.1. The van der Waals surface area contributed by atoms with Gasteiger partial charge >= 0.3 is 0 Å². The van der Waals surface area contributed by atoms with E-state index in [0.717, 1.165) is 18.7 Å². The third kappa shape index (κ3) is 2.25. The molecule has 0 spiro atoms. The molecule has 1 aromatic carbocycles. The van der Waals surface area contributed by atoms with E-state index in [-0.39, 0.29) is 5.91 Å². The molecular weight excluding hydrogens is 200 g/mol. The fraction of sp³-hybridized carbons (Fsp3) is 0.462. The van der Waals surface area contributed by atoms with Crippen molar-refractivity contribution < 1.29 is 4.79 Å². The van der Waals surface area contributed by atoms with Crippen LogP contribution in [0, 0.1) is 0 Å². The van der Waals surface area contributed by atoms with Crippen LogP contribution >= 0.6 is 0 Å². The van der Waals surface area contributed by atoms with E-state index in [4.69, 9.17) is 0 Å². The zero-order valence-corrected chi connectivity index (χ0v) is 9.86. The first-order valence-corrected chi connectivity index (χ1v) is 5.71. The van der Waals surface area contributed by atoms with Gasteiger partial charge in [-0.1, -0.05) is 12.1 Å². The molecule has 0 radical (unpaired) electrons. The number of amides is 1. The Morgan fingerprint density at radius 3 is 2.50 bits per heavy atom. The summed E-state index contributed by atoms with van der Waals surface area (Å²) in [7, 11) is 3.55. The Hall–Kier alpha value is -1.35. The number of hydrogen-bond acceptors (Lipinski definition) is 2. The predicted octanol–water partition coefficient (Wildman–Crippen LogP) is 1.47. The minimum absolute atomic E-state index is 0.0658. The van der Waals surface area contributed by atoms with Gasteiger partial charge in [-0.15, -0.1) is 0 Å². The summed E-state index contributed by atoms with van der Waals surface area (Å²) < 4.78 is 0. The van der Waals surface area contributed by atoms with Gasteiger partial charge in [0.2, 0.25) is 0 Å². The normalized spacial score (nSPS) is 19.8. The molecule has 0 saturated carbocycles. The molecule has 1 aliphatic heterocycles. The molecule has 1 aliphatic rings. The summed E-state index contributed by atoms with van der Waals surface area (Å²) >= 11 is 0. The van der Waals surface area contributed by atoms with Crippen molar-refractivity contribution in [3.05, 3.63) is 35.4 Å². The number of nitrogens with zero attached hydrogens (tertiary/aromatic N) is 1. The summed E-state index contributed by atoms with van der Waals surface area (Å²) in [5.41, 5.74) is 2.10. The van der Waals surface area contributed by atoms with Crippen molar-refractivity contribution in [1.82, 2.24) is 10.2 Å². The molecule has 1 amide bonds. The largest absolute Gasteiger partial charge is 0.345 e. The smallest absolute Gasteiger partial charge is 0.253 e. The second kappa shape index (κ2) is 4.66. The van der Waals surface area contributed by atoms with Crippen LogP contribution in [0.3, 0.4) is 0 Å². The third-order valence-corrected chi connectivity index (χ3v) is 3.10. The Labute approximate surface area is 96.5 Å². The molecule has 0 aliphatic carbocycles. The second-order valence-corrected chi connectivity index (χ2v) is 4.51. The maximum Gasteiger partial charge on any atom is 0.253 e. The van der Waals surface area contributed by atoms with Gasteiger partial charge in [0, 0.05) is 26.2 Å². The van der Waals surface area contributed by atoms with Gasteiger partial charge in [-0.3, -0.25) is 4.79 Å². The van der Waals surface area contributed by atoms with Crippen LogP contribution in [-0.4, -0.2) is 38.0 Å². The molecule has 16 heavy (non-hydrogen) atoms. The first-order chi connectivity index (χ1) is 7.68. The van der Waals surface area contributed by atoms with Crippen molar-refractivity contribution in [2.75, 3.05) is 27.2 Å². The number of rotatable bonds is 2. The van der Waals surface area contributed by atoms with Crippen molar-refractivity contribution in [1.29, 1.82) is 0 Å². The van der Waals surface area contributed by atoms with E-state index in [0.29, 0.717) is 5.92 Å². The fourth-order valence-electron chi connectivity index (χ4n) is 2.10. The molecule has 2 rings (SSSR count). The molecule has 0 aromatic heterocycles. The van der Waals surface area contributed by atoms with Gasteiger partial charge in [-0.05, 0) is 36.6 Å². The monoisotopic (exact) mass is 218 g/mol. The summed E-state index contributed by atoms with van der Waals surface area (Å²) in [5, 5.41) is 3.35. The van der Waals surface area contributed by atoms with E-state index in [1.807, 2.05) is 12.1 Å². The van der Waals surface area contributed by atoms with Crippen LogP contribution in [0.25, 0.3) is 0 Å². The van der Waals surface area contributed by atoms with Crippen molar-refractivity contribution in [3.8, 4) is 0 Å². The zero-order valence-electron chi connectivity index (χ0n) is 9.86. The van der Waals surface area contributed by atoms with Crippen LogP contribution in [-0.2, 0) is 0 Å². The van der Waals surface area contributed by atoms with Crippen LogP contribution in [0.2, 0.25) is 0 Å². The highest BCUT2D eigenvalue weighted by molar-refractivity contribution is 5.93. The van der Waals surface area contributed by atoms with Gasteiger partial charge in [0.15, 0.2) is 0 Å². The highest BCUT2D eigenvalue weighted by atomic mass is 16.2. The predicted molar refractivity (Wildman–Crippen MR) is 64.7 cm³/mol. The number of hydrogen-bond donors (Lipinski definition) is 1. The molecule has 1 heterocycles. The summed E-state index contributed by atoms with van der Waals surface area (Å²) in [5.74, 6) is 0.680. The maximum atomic E-state index is 11.7. The van der Waals surface area contributed by atoms with Gasteiger partial charge in [-0.2, -0.15) is 0 Å². The number of benzene rings is 1. The Bertz CT molecular complexity index is 364. The summed E-state index contributed by atoms with van der Waals surface area (Å²) in [6.45, 7) is 2.16. The lowest BCUT2D eigenvalue weighted by Gasteiger charge is -2.12. The van der Waals surface area contributed by atoms with Crippen molar-refractivity contribution >= 4 is 5.91 Å². The zero-order chi connectivity index (χ0) is 11.5. The summed E-state index contributed by atoms with van der Waals surface area (Å²) in [6.07, 6.45) is 1.20. The van der Waals surface area contributed by atoms with Crippen LogP contribution in [0.4, 0.5) is 0 Å². The third-order valence-electron chi connectivity index (χ3n) is 3.10. The minimum atomic E-state index is 0.0658. The molecule has 0 unspecified atom stereocenters. The van der Waals surface area contributed by atoms with E-state index < -0.39 is 0 Å². The van der Waals surface area contributed by atoms with Gasteiger partial charge in [-0.25, -0.2) is 0 Å². The average Bonchev–Trinajstić information content (AvgIpc) is 2.81. The molecule has 1 fully saturated rings. The Morgan fingerprint density at radius 2 is 2.00 bits per heavy atom. The van der Waals surface area contributed by atoms with Gasteiger partial charge in [0.1, 0.15) is 0 Å². The van der Waals surface area contributed by atoms with E-state index >= 15 is 0 Å². The van der Waals surface area contributed by atoms with Gasteiger partial charge in [0.25, 0.3) is 5.91 Å². The van der Waals surface area contributed by atoms with E-state index in [9.17, 15) is 4.79 Å². The molecule has 0 bridgehead atoms. The van der Waals surface area contributed by atoms with Crippen LogP contribution < -0.4 is 5.32 Å². The Kier molecular flexibility index (Phi) is 3.25. The summed E-state index contributed by atoms with van der Waals surface area (Å²) in [6, 6.07) is 8.01. The number of carbonyl (C=O) groups is 1. The second-order valence-electron chi connectivity index (χ2n) is 4.51. The molecule has 3 heteroatoms. The van der Waals surface area contributed by atoms with E-state index in [2.05, 4.69) is 17.4 Å². The Morgan fingerprint density at radius 1 is 1.31 bits per heavy atom. The summed E-state index contributed by atoms with van der Waals surface area (Å²) in [4.78, 5) is 13.3. The van der Waals surface area contributed by atoms with Crippen LogP contribution in [0.15, 0.2) is 24.3 Å². The molecular formula is C13H18N2O. The van der Waals surface area contributed by atoms with Crippen LogP contribution in [0.5, 0.6) is 0 Å². The van der Waals surface area contributed by atoms with Crippen molar-refractivity contribution in [2.24, 2.45) is 0 Å². The quantitative estimate of drug-likeness (QED) is 0.815. The molecule has 3 nitrogen and oxygen atoms in total. The van der Waals surface area contributed by atoms with Crippen LogP contribution in [0.1, 0.15) is 28.3 Å². The maximum absolute atomic E-state index is 11.7. The molecule has 1 atom stereocenters. The molecule has 1 N–H and O–H groups in total.